The molecule has 7 nitrogen and oxygen atoms in total. The fourth-order valence-corrected chi connectivity index (χ4v) is 3.85. The maximum absolute atomic E-state index is 12.8. The lowest BCUT2D eigenvalue weighted by molar-refractivity contribution is 0.102. The minimum absolute atomic E-state index is 0.0411. The van der Waals surface area contributed by atoms with Gasteiger partial charge in [-0.2, -0.15) is 0 Å². The number of anilines is 2. The van der Waals surface area contributed by atoms with E-state index in [-0.39, 0.29) is 10.6 Å². The van der Waals surface area contributed by atoms with E-state index < -0.39 is 15.9 Å². The largest absolute Gasteiger partial charge is 0.321 e. The number of benzene rings is 2. The van der Waals surface area contributed by atoms with E-state index in [4.69, 9.17) is 11.6 Å². The summed E-state index contributed by atoms with van der Waals surface area (Å²) in [5.41, 5.74) is 1.32. The minimum atomic E-state index is -3.87. The third kappa shape index (κ3) is 4.60. The summed E-state index contributed by atoms with van der Waals surface area (Å²) in [4.78, 5) is 20.0. The lowest BCUT2D eigenvalue weighted by Crippen LogP contribution is -2.17. The van der Waals surface area contributed by atoms with E-state index in [9.17, 15) is 13.2 Å². The maximum Gasteiger partial charge on any atom is 0.275 e. The van der Waals surface area contributed by atoms with E-state index in [1.165, 1.54) is 30.7 Å². The molecular formula is C18H15ClN4O3S. The fraction of sp³-hybridized carbons (Fsp3) is 0.0556. The van der Waals surface area contributed by atoms with Gasteiger partial charge in [0, 0.05) is 23.1 Å². The summed E-state index contributed by atoms with van der Waals surface area (Å²) in [6.45, 7) is 1.67. The van der Waals surface area contributed by atoms with Crippen LogP contribution in [0.3, 0.4) is 0 Å². The standard InChI is InChI=1S/C18H15ClN4O3S/c1-12-5-6-14(22-18(24)16-11-20-7-8-21-16)10-17(12)27(25,26)23-15-4-2-3-13(19)9-15/h2-11,23H,1H3,(H,22,24). The lowest BCUT2D eigenvalue weighted by Gasteiger charge is -2.13. The molecule has 2 aromatic carbocycles. The van der Waals surface area contributed by atoms with E-state index in [0.29, 0.717) is 22.0 Å². The van der Waals surface area contributed by atoms with Crippen LogP contribution >= 0.6 is 11.6 Å². The number of hydrogen-bond donors (Lipinski definition) is 2. The average Bonchev–Trinajstić information content (AvgIpc) is 2.63. The number of rotatable bonds is 5. The van der Waals surface area contributed by atoms with Crippen molar-refractivity contribution in [2.24, 2.45) is 0 Å². The number of sulfonamides is 1. The molecule has 0 spiro atoms. The van der Waals surface area contributed by atoms with E-state index in [1.807, 2.05) is 0 Å². The van der Waals surface area contributed by atoms with Crippen LogP contribution < -0.4 is 10.0 Å². The molecule has 0 aliphatic rings. The summed E-state index contributed by atoms with van der Waals surface area (Å²) < 4.78 is 28.0. The van der Waals surface area contributed by atoms with Crippen LogP contribution in [-0.2, 0) is 10.0 Å². The molecular weight excluding hydrogens is 388 g/mol. The van der Waals surface area contributed by atoms with Gasteiger partial charge < -0.3 is 5.32 Å². The average molecular weight is 403 g/mol. The Hall–Kier alpha value is -2.97. The highest BCUT2D eigenvalue weighted by atomic mass is 35.5. The molecule has 1 heterocycles. The molecule has 3 rings (SSSR count). The van der Waals surface area contributed by atoms with Gasteiger partial charge in [0.2, 0.25) is 0 Å². The number of nitrogens with zero attached hydrogens (tertiary/aromatic N) is 2. The molecule has 0 radical (unpaired) electrons. The van der Waals surface area contributed by atoms with E-state index in [1.54, 1.807) is 37.3 Å². The highest BCUT2D eigenvalue weighted by molar-refractivity contribution is 7.92. The van der Waals surface area contributed by atoms with Crippen molar-refractivity contribution in [3.8, 4) is 0 Å². The Morgan fingerprint density at radius 1 is 1.07 bits per heavy atom. The summed E-state index contributed by atoms with van der Waals surface area (Å²) >= 11 is 5.90. The first-order valence-corrected chi connectivity index (χ1v) is 9.68. The molecule has 0 aliphatic heterocycles. The van der Waals surface area contributed by atoms with Crippen LogP contribution in [0, 0.1) is 6.92 Å². The van der Waals surface area contributed by atoms with E-state index >= 15 is 0 Å². The van der Waals surface area contributed by atoms with Crippen molar-refractivity contribution in [3.63, 3.8) is 0 Å². The molecule has 0 bridgehead atoms. The van der Waals surface area contributed by atoms with Gasteiger partial charge in [-0.1, -0.05) is 23.7 Å². The summed E-state index contributed by atoms with van der Waals surface area (Å²) in [5, 5.41) is 3.03. The highest BCUT2D eigenvalue weighted by Gasteiger charge is 2.19. The van der Waals surface area contributed by atoms with Crippen molar-refractivity contribution in [1.29, 1.82) is 0 Å². The zero-order valence-corrected chi connectivity index (χ0v) is 15.8. The van der Waals surface area contributed by atoms with Crippen molar-refractivity contribution in [1.82, 2.24) is 9.97 Å². The van der Waals surface area contributed by atoms with Gasteiger partial charge in [-0.25, -0.2) is 13.4 Å². The van der Waals surface area contributed by atoms with Crippen molar-refractivity contribution >= 4 is 38.9 Å². The predicted molar refractivity (Wildman–Crippen MR) is 103 cm³/mol. The van der Waals surface area contributed by atoms with Gasteiger partial charge >= 0.3 is 0 Å². The Labute approximate surface area is 161 Å². The van der Waals surface area contributed by atoms with Crippen molar-refractivity contribution < 1.29 is 13.2 Å². The van der Waals surface area contributed by atoms with Gasteiger partial charge in [-0.3, -0.25) is 14.5 Å². The molecule has 0 saturated carbocycles. The smallest absolute Gasteiger partial charge is 0.275 e. The summed E-state index contributed by atoms with van der Waals surface area (Å²) in [6.07, 6.45) is 4.17. The van der Waals surface area contributed by atoms with Gasteiger partial charge in [-0.05, 0) is 42.8 Å². The van der Waals surface area contributed by atoms with Gasteiger partial charge in [0.15, 0.2) is 0 Å². The number of nitrogens with one attached hydrogen (secondary N) is 2. The second-order valence-electron chi connectivity index (χ2n) is 5.64. The third-order valence-corrected chi connectivity index (χ3v) is 5.37. The van der Waals surface area contributed by atoms with Gasteiger partial charge in [-0.15, -0.1) is 0 Å². The summed E-state index contributed by atoms with van der Waals surface area (Å²) in [5.74, 6) is -0.488. The van der Waals surface area contributed by atoms with Gasteiger partial charge in [0.1, 0.15) is 5.69 Å². The number of aryl methyl sites for hydroxylation is 1. The van der Waals surface area contributed by atoms with E-state index in [0.717, 1.165) is 0 Å². The molecule has 27 heavy (non-hydrogen) atoms. The number of amides is 1. The monoisotopic (exact) mass is 402 g/mol. The van der Waals surface area contributed by atoms with Crippen LogP contribution in [0.25, 0.3) is 0 Å². The Morgan fingerprint density at radius 3 is 2.59 bits per heavy atom. The number of hydrogen-bond acceptors (Lipinski definition) is 5. The topological polar surface area (TPSA) is 101 Å². The van der Waals surface area contributed by atoms with Crippen molar-refractivity contribution in [3.05, 3.63) is 77.3 Å². The first kappa shape index (κ1) is 18.8. The van der Waals surface area contributed by atoms with Crippen LogP contribution in [0.5, 0.6) is 0 Å². The molecule has 138 valence electrons. The molecule has 0 atom stereocenters. The Kier molecular flexibility index (Phi) is 5.38. The quantitative estimate of drug-likeness (QED) is 0.680. The first-order chi connectivity index (χ1) is 12.8. The minimum Gasteiger partial charge on any atom is -0.321 e. The fourth-order valence-electron chi connectivity index (χ4n) is 2.34. The predicted octanol–water partition coefficient (Wildman–Crippen LogP) is 3.49. The maximum atomic E-state index is 12.8. The summed E-state index contributed by atoms with van der Waals surface area (Å²) in [6, 6.07) is 11.0. The third-order valence-electron chi connectivity index (χ3n) is 3.61. The van der Waals surface area contributed by atoms with Crippen molar-refractivity contribution in [2.75, 3.05) is 10.0 Å². The van der Waals surface area contributed by atoms with Crippen LogP contribution in [-0.4, -0.2) is 24.3 Å². The Balaban J connectivity index is 1.87. The number of carbonyl (C=O) groups is 1. The molecule has 0 aliphatic carbocycles. The molecule has 1 aromatic heterocycles. The SMILES string of the molecule is Cc1ccc(NC(=O)c2cnccn2)cc1S(=O)(=O)Nc1cccc(Cl)c1. The van der Waals surface area contributed by atoms with Crippen LogP contribution in [0.2, 0.25) is 5.02 Å². The number of carbonyl (C=O) groups excluding carboxylic acids is 1. The first-order valence-electron chi connectivity index (χ1n) is 7.81. The molecule has 3 aromatic rings. The molecule has 0 fully saturated rings. The normalized spacial score (nSPS) is 11.0. The summed E-state index contributed by atoms with van der Waals surface area (Å²) in [7, 11) is -3.87. The van der Waals surface area contributed by atoms with Crippen LogP contribution in [0.15, 0.2) is 66.0 Å². The highest BCUT2D eigenvalue weighted by Crippen LogP contribution is 2.24. The molecule has 1 amide bonds. The number of halogens is 1. The zero-order chi connectivity index (χ0) is 19.4. The van der Waals surface area contributed by atoms with Crippen LogP contribution in [0.1, 0.15) is 16.1 Å². The van der Waals surface area contributed by atoms with Gasteiger partial charge in [0.05, 0.1) is 16.8 Å². The van der Waals surface area contributed by atoms with Crippen LogP contribution in [0.4, 0.5) is 11.4 Å². The Bertz CT molecular complexity index is 1090. The molecule has 2 N–H and O–H groups in total. The second kappa shape index (κ2) is 7.73. The Morgan fingerprint density at radius 2 is 1.89 bits per heavy atom. The lowest BCUT2D eigenvalue weighted by atomic mass is 10.2. The van der Waals surface area contributed by atoms with Crippen molar-refractivity contribution in [2.45, 2.75) is 11.8 Å². The van der Waals surface area contributed by atoms with E-state index in [2.05, 4.69) is 20.0 Å². The number of aromatic nitrogens is 2. The molecule has 0 unspecified atom stereocenters. The molecule has 0 saturated heterocycles. The second-order valence-corrected chi connectivity index (χ2v) is 7.73. The van der Waals surface area contributed by atoms with Gasteiger partial charge in [0.25, 0.3) is 15.9 Å². The molecule has 9 heteroatoms. The zero-order valence-electron chi connectivity index (χ0n) is 14.2.